The Morgan fingerprint density at radius 2 is 1.56 bits per heavy atom. The molecule has 0 atom stereocenters. The van der Waals surface area contributed by atoms with Gasteiger partial charge in [0.1, 0.15) is 12.2 Å². The van der Waals surface area contributed by atoms with Crippen LogP contribution in [0.1, 0.15) is 98.3 Å². The SMILES string of the molecule is CCCCCC/C=C\COC(=O)CCCCCCCNC(=O)OC(C)(C)C. The molecule has 0 saturated heterocycles. The summed E-state index contributed by atoms with van der Waals surface area (Å²) in [6.07, 6.45) is 15.2. The van der Waals surface area contributed by atoms with Gasteiger partial charge in [-0.1, -0.05) is 57.6 Å². The van der Waals surface area contributed by atoms with Crippen LogP contribution in [0.15, 0.2) is 12.2 Å². The number of carbonyl (C=O) groups excluding carboxylic acids is 2. The molecule has 0 heterocycles. The van der Waals surface area contributed by atoms with Gasteiger partial charge >= 0.3 is 12.1 Å². The van der Waals surface area contributed by atoms with Gasteiger partial charge < -0.3 is 14.8 Å². The number of allylic oxidation sites excluding steroid dienone is 1. The summed E-state index contributed by atoms with van der Waals surface area (Å²) in [7, 11) is 0. The molecule has 0 aliphatic heterocycles. The molecule has 27 heavy (non-hydrogen) atoms. The summed E-state index contributed by atoms with van der Waals surface area (Å²) in [6, 6.07) is 0. The molecule has 0 aliphatic carbocycles. The molecule has 0 aromatic carbocycles. The third kappa shape index (κ3) is 20.6. The number of hydrogen-bond acceptors (Lipinski definition) is 4. The van der Waals surface area contributed by atoms with Crippen molar-refractivity contribution < 1.29 is 19.1 Å². The molecule has 0 aliphatic rings. The number of rotatable bonds is 15. The molecule has 0 spiro atoms. The van der Waals surface area contributed by atoms with Crippen LogP contribution in [0.4, 0.5) is 4.79 Å². The molecule has 1 N–H and O–H groups in total. The summed E-state index contributed by atoms with van der Waals surface area (Å²) in [5, 5.41) is 2.75. The van der Waals surface area contributed by atoms with Crippen molar-refractivity contribution in [2.45, 2.75) is 104 Å². The van der Waals surface area contributed by atoms with Gasteiger partial charge in [0.25, 0.3) is 0 Å². The summed E-state index contributed by atoms with van der Waals surface area (Å²) in [6.45, 7) is 8.78. The number of alkyl carbamates (subject to hydrolysis) is 1. The van der Waals surface area contributed by atoms with E-state index in [0.29, 0.717) is 19.6 Å². The molecule has 0 fully saturated rings. The second-order valence-electron chi connectivity index (χ2n) is 7.95. The van der Waals surface area contributed by atoms with E-state index in [2.05, 4.69) is 18.3 Å². The topological polar surface area (TPSA) is 64.6 Å². The Morgan fingerprint density at radius 1 is 0.889 bits per heavy atom. The number of hydrogen-bond donors (Lipinski definition) is 1. The second kappa shape index (κ2) is 16.6. The van der Waals surface area contributed by atoms with Crippen molar-refractivity contribution in [3.8, 4) is 0 Å². The first kappa shape index (κ1) is 25.5. The van der Waals surface area contributed by atoms with Crippen LogP contribution in [-0.4, -0.2) is 30.8 Å². The van der Waals surface area contributed by atoms with Gasteiger partial charge in [-0.3, -0.25) is 4.79 Å². The quantitative estimate of drug-likeness (QED) is 0.216. The van der Waals surface area contributed by atoms with Crippen LogP contribution < -0.4 is 5.32 Å². The van der Waals surface area contributed by atoms with Crippen LogP contribution in [0.2, 0.25) is 0 Å². The molecule has 0 aromatic heterocycles. The van der Waals surface area contributed by atoms with Gasteiger partial charge in [-0.05, 0) is 46.5 Å². The Kier molecular flexibility index (Phi) is 15.7. The minimum Gasteiger partial charge on any atom is -0.461 e. The zero-order valence-electron chi connectivity index (χ0n) is 18.0. The molecular formula is C22H41NO4. The van der Waals surface area contributed by atoms with Crippen LogP contribution in [-0.2, 0) is 14.3 Å². The average Bonchev–Trinajstić information content (AvgIpc) is 2.58. The van der Waals surface area contributed by atoms with Gasteiger partial charge in [0.15, 0.2) is 0 Å². The van der Waals surface area contributed by atoms with Gasteiger partial charge in [0, 0.05) is 13.0 Å². The van der Waals surface area contributed by atoms with E-state index in [1.807, 2.05) is 26.8 Å². The third-order valence-electron chi connectivity index (χ3n) is 3.96. The maximum absolute atomic E-state index is 11.6. The fourth-order valence-corrected chi connectivity index (χ4v) is 2.52. The van der Waals surface area contributed by atoms with Gasteiger partial charge in [0.2, 0.25) is 0 Å². The molecule has 0 bridgehead atoms. The van der Waals surface area contributed by atoms with Crippen LogP contribution >= 0.6 is 0 Å². The smallest absolute Gasteiger partial charge is 0.407 e. The fourth-order valence-electron chi connectivity index (χ4n) is 2.52. The van der Waals surface area contributed by atoms with Crippen LogP contribution in [0.25, 0.3) is 0 Å². The Morgan fingerprint density at radius 3 is 2.26 bits per heavy atom. The molecule has 1 amide bonds. The standard InChI is InChI=1S/C22H41NO4/c1-5-6-7-8-9-13-16-19-26-20(24)17-14-11-10-12-15-18-23-21(25)27-22(2,3)4/h13,16H,5-12,14-15,17-19H2,1-4H3,(H,23,25)/b16-13-. The maximum Gasteiger partial charge on any atom is 0.407 e. The molecule has 5 heteroatoms. The molecule has 0 unspecified atom stereocenters. The molecule has 0 rings (SSSR count). The average molecular weight is 384 g/mol. The van der Waals surface area contributed by atoms with E-state index in [1.54, 1.807) is 0 Å². The summed E-state index contributed by atoms with van der Waals surface area (Å²) in [5.74, 6) is -0.114. The van der Waals surface area contributed by atoms with Crippen molar-refractivity contribution in [1.29, 1.82) is 0 Å². The highest BCUT2D eigenvalue weighted by Crippen LogP contribution is 2.08. The van der Waals surface area contributed by atoms with Crippen molar-refractivity contribution in [3.05, 3.63) is 12.2 Å². The third-order valence-corrected chi connectivity index (χ3v) is 3.96. The Bertz CT molecular complexity index is 413. The summed E-state index contributed by atoms with van der Waals surface area (Å²) >= 11 is 0. The summed E-state index contributed by atoms with van der Waals surface area (Å²) < 4.78 is 10.4. The first-order valence-electron chi connectivity index (χ1n) is 10.6. The lowest BCUT2D eigenvalue weighted by molar-refractivity contribution is -0.142. The number of esters is 1. The van der Waals surface area contributed by atoms with E-state index in [9.17, 15) is 9.59 Å². The van der Waals surface area contributed by atoms with E-state index >= 15 is 0 Å². The lowest BCUT2D eigenvalue weighted by Crippen LogP contribution is -2.32. The highest BCUT2D eigenvalue weighted by molar-refractivity contribution is 5.69. The van der Waals surface area contributed by atoms with Gasteiger partial charge in [0.05, 0.1) is 0 Å². The number of amides is 1. The normalized spacial score (nSPS) is 11.6. The minimum absolute atomic E-state index is 0.114. The van der Waals surface area contributed by atoms with E-state index in [0.717, 1.165) is 38.5 Å². The second-order valence-corrected chi connectivity index (χ2v) is 7.95. The zero-order valence-corrected chi connectivity index (χ0v) is 18.0. The molecule has 0 saturated carbocycles. The Balaban J connectivity index is 3.39. The first-order chi connectivity index (χ1) is 12.8. The van der Waals surface area contributed by atoms with E-state index in [4.69, 9.17) is 9.47 Å². The molecule has 5 nitrogen and oxygen atoms in total. The highest BCUT2D eigenvalue weighted by Gasteiger charge is 2.15. The van der Waals surface area contributed by atoms with Crippen molar-refractivity contribution in [2.75, 3.05) is 13.2 Å². The fraction of sp³-hybridized carbons (Fsp3) is 0.818. The predicted molar refractivity (Wildman–Crippen MR) is 111 cm³/mol. The van der Waals surface area contributed by atoms with Crippen LogP contribution in [0.3, 0.4) is 0 Å². The monoisotopic (exact) mass is 383 g/mol. The minimum atomic E-state index is -0.455. The zero-order chi connectivity index (χ0) is 20.4. The first-order valence-corrected chi connectivity index (χ1v) is 10.6. The largest absolute Gasteiger partial charge is 0.461 e. The number of nitrogens with one attached hydrogen (secondary N) is 1. The Hall–Kier alpha value is -1.52. The highest BCUT2D eigenvalue weighted by atomic mass is 16.6. The van der Waals surface area contributed by atoms with Crippen molar-refractivity contribution in [1.82, 2.24) is 5.32 Å². The maximum atomic E-state index is 11.6. The summed E-state index contributed by atoms with van der Waals surface area (Å²) in [5.41, 5.74) is -0.455. The van der Waals surface area contributed by atoms with Gasteiger partial charge in [-0.15, -0.1) is 0 Å². The lowest BCUT2D eigenvalue weighted by Gasteiger charge is -2.19. The van der Waals surface area contributed by atoms with E-state index < -0.39 is 5.60 Å². The van der Waals surface area contributed by atoms with Crippen molar-refractivity contribution in [3.63, 3.8) is 0 Å². The number of unbranched alkanes of at least 4 members (excludes halogenated alkanes) is 8. The van der Waals surface area contributed by atoms with Crippen LogP contribution in [0.5, 0.6) is 0 Å². The Labute approximate surface area is 166 Å². The molecule has 0 radical (unpaired) electrons. The predicted octanol–water partition coefficient (Wildman–Crippen LogP) is 5.92. The lowest BCUT2D eigenvalue weighted by atomic mass is 10.1. The van der Waals surface area contributed by atoms with E-state index in [-0.39, 0.29) is 12.1 Å². The molecular weight excluding hydrogens is 342 g/mol. The van der Waals surface area contributed by atoms with E-state index in [1.165, 1.54) is 25.7 Å². The number of carbonyl (C=O) groups is 2. The van der Waals surface area contributed by atoms with Crippen LogP contribution in [0, 0.1) is 0 Å². The van der Waals surface area contributed by atoms with Gasteiger partial charge in [-0.25, -0.2) is 4.79 Å². The number of ether oxygens (including phenoxy) is 2. The summed E-state index contributed by atoms with van der Waals surface area (Å²) in [4.78, 5) is 23.1. The van der Waals surface area contributed by atoms with Crippen molar-refractivity contribution in [2.24, 2.45) is 0 Å². The van der Waals surface area contributed by atoms with Crippen molar-refractivity contribution >= 4 is 12.1 Å². The molecule has 158 valence electrons. The van der Waals surface area contributed by atoms with Gasteiger partial charge in [-0.2, -0.15) is 0 Å². The molecule has 0 aromatic rings.